The van der Waals surface area contributed by atoms with Crippen molar-refractivity contribution in [2.45, 2.75) is 30.3 Å². The monoisotopic (exact) mass is 381 g/mol. The highest BCUT2D eigenvalue weighted by molar-refractivity contribution is 7.89. The Balaban J connectivity index is 1.66. The molecule has 1 fully saturated rings. The van der Waals surface area contributed by atoms with Gasteiger partial charge in [-0.1, -0.05) is 5.16 Å². The minimum absolute atomic E-state index is 0.00378. The number of carbonyl (C=O) groups excluding carboxylic acids is 1. The molecule has 3 heterocycles. The van der Waals surface area contributed by atoms with Gasteiger partial charge in [-0.2, -0.15) is 4.98 Å². The van der Waals surface area contributed by atoms with E-state index in [1.54, 1.807) is 12.0 Å². The van der Waals surface area contributed by atoms with Gasteiger partial charge in [0.2, 0.25) is 21.8 Å². The van der Waals surface area contributed by atoms with E-state index in [4.69, 9.17) is 9.26 Å². The molecular weight excluding hydrogens is 362 g/mol. The second kappa shape index (κ2) is 7.89. The molecule has 140 valence electrons. The lowest BCUT2D eigenvalue weighted by Gasteiger charge is -2.21. The summed E-state index contributed by atoms with van der Waals surface area (Å²) >= 11 is 0. The largest absolute Gasteiger partial charge is 0.383 e. The first-order valence-corrected chi connectivity index (χ1v) is 9.50. The molecule has 0 saturated carbocycles. The Morgan fingerprint density at radius 3 is 3.04 bits per heavy atom. The molecule has 1 N–H and O–H groups in total. The molecule has 11 heteroatoms. The Kier molecular flexibility index (Phi) is 5.59. The molecule has 0 bridgehead atoms. The second-order valence-corrected chi connectivity index (χ2v) is 7.46. The van der Waals surface area contributed by atoms with Crippen LogP contribution in [0.4, 0.5) is 0 Å². The standard InChI is InChI=1S/C15H19N5O5S/c1-24-8-7-20-12(4-5-14(20)21)15-18-13(19-25-15)10-17-26(22,23)11-3-2-6-16-9-11/h2-3,6,9,12,17H,4-5,7-8,10H2,1H3/t12-/m0/s1. The molecule has 0 unspecified atom stereocenters. The lowest BCUT2D eigenvalue weighted by Crippen LogP contribution is -2.31. The van der Waals surface area contributed by atoms with E-state index in [0.717, 1.165) is 0 Å². The summed E-state index contributed by atoms with van der Waals surface area (Å²) in [5.41, 5.74) is 0. The van der Waals surface area contributed by atoms with Crippen molar-refractivity contribution in [2.24, 2.45) is 0 Å². The van der Waals surface area contributed by atoms with Crippen LogP contribution in [0.3, 0.4) is 0 Å². The lowest BCUT2D eigenvalue weighted by atomic mass is 10.2. The van der Waals surface area contributed by atoms with Crippen LogP contribution in [0.25, 0.3) is 0 Å². The van der Waals surface area contributed by atoms with Crippen LogP contribution in [0.1, 0.15) is 30.6 Å². The smallest absolute Gasteiger partial charge is 0.249 e. The fourth-order valence-corrected chi connectivity index (χ4v) is 3.63. The topological polar surface area (TPSA) is 128 Å². The van der Waals surface area contributed by atoms with Crippen molar-refractivity contribution in [3.05, 3.63) is 36.2 Å². The van der Waals surface area contributed by atoms with Crippen LogP contribution in [-0.4, -0.2) is 54.6 Å². The number of ether oxygens (including phenoxy) is 1. The third kappa shape index (κ3) is 4.06. The Morgan fingerprint density at radius 2 is 2.31 bits per heavy atom. The third-order valence-corrected chi connectivity index (χ3v) is 5.38. The van der Waals surface area contributed by atoms with Gasteiger partial charge in [0.1, 0.15) is 10.9 Å². The molecule has 0 aliphatic carbocycles. The van der Waals surface area contributed by atoms with Crippen molar-refractivity contribution in [3.63, 3.8) is 0 Å². The van der Waals surface area contributed by atoms with E-state index in [2.05, 4.69) is 19.8 Å². The maximum absolute atomic E-state index is 12.2. The van der Waals surface area contributed by atoms with Crippen LogP contribution in [0.5, 0.6) is 0 Å². The second-order valence-electron chi connectivity index (χ2n) is 5.70. The lowest BCUT2D eigenvalue weighted by molar-refractivity contribution is -0.130. The highest BCUT2D eigenvalue weighted by atomic mass is 32.2. The zero-order valence-electron chi connectivity index (χ0n) is 14.2. The SMILES string of the molecule is COCCN1C(=O)CC[C@H]1c1nc(CNS(=O)(=O)c2cccnc2)no1. The number of carbonyl (C=O) groups is 1. The normalized spacial score (nSPS) is 17.8. The van der Waals surface area contributed by atoms with E-state index in [1.807, 2.05) is 0 Å². The number of rotatable bonds is 8. The number of hydrogen-bond donors (Lipinski definition) is 1. The minimum Gasteiger partial charge on any atom is -0.383 e. The van der Waals surface area contributed by atoms with Crippen molar-refractivity contribution in [1.82, 2.24) is 24.7 Å². The first-order chi connectivity index (χ1) is 12.5. The van der Waals surface area contributed by atoms with Crippen LogP contribution in [0, 0.1) is 0 Å². The molecule has 1 atom stereocenters. The number of nitrogens with one attached hydrogen (secondary N) is 1. The van der Waals surface area contributed by atoms with Crippen LogP contribution in [0.15, 0.2) is 33.9 Å². The van der Waals surface area contributed by atoms with Gasteiger partial charge in [-0.25, -0.2) is 13.1 Å². The molecule has 1 aliphatic heterocycles. The Bertz CT molecular complexity index is 854. The van der Waals surface area contributed by atoms with Gasteiger partial charge in [0.25, 0.3) is 0 Å². The van der Waals surface area contributed by atoms with Gasteiger partial charge in [-0.05, 0) is 18.6 Å². The molecule has 2 aromatic rings. The molecular formula is C15H19N5O5S. The van der Waals surface area contributed by atoms with Crippen molar-refractivity contribution < 1.29 is 22.5 Å². The molecule has 0 radical (unpaired) electrons. The molecule has 2 aromatic heterocycles. The predicted octanol–water partition coefficient (Wildman–Crippen LogP) is 0.253. The number of sulfonamides is 1. The van der Waals surface area contributed by atoms with E-state index >= 15 is 0 Å². The third-order valence-electron chi connectivity index (χ3n) is 4.00. The number of methoxy groups -OCH3 is 1. The van der Waals surface area contributed by atoms with Gasteiger partial charge >= 0.3 is 0 Å². The Hall–Kier alpha value is -2.37. The fourth-order valence-electron chi connectivity index (χ4n) is 2.68. The van der Waals surface area contributed by atoms with Crippen LogP contribution in [-0.2, 0) is 26.1 Å². The summed E-state index contributed by atoms with van der Waals surface area (Å²) in [5, 5.41) is 3.80. The van der Waals surface area contributed by atoms with Gasteiger partial charge in [0.15, 0.2) is 5.82 Å². The maximum atomic E-state index is 12.2. The van der Waals surface area contributed by atoms with E-state index in [0.29, 0.717) is 31.9 Å². The van der Waals surface area contributed by atoms with E-state index < -0.39 is 10.0 Å². The molecule has 1 saturated heterocycles. The summed E-state index contributed by atoms with van der Waals surface area (Å²) in [5.74, 6) is 0.491. The van der Waals surface area contributed by atoms with Gasteiger partial charge in [0, 0.05) is 32.5 Å². The number of pyridine rings is 1. The number of hydrogen-bond acceptors (Lipinski definition) is 8. The molecule has 3 rings (SSSR count). The number of amides is 1. The van der Waals surface area contributed by atoms with Gasteiger partial charge in [0.05, 0.1) is 13.2 Å². The number of likely N-dealkylation sites (tertiary alicyclic amines) is 1. The summed E-state index contributed by atoms with van der Waals surface area (Å²) in [6.07, 6.45) is 3.72. The summed E-state index contributed by atoms with van der Waals surface area (Å²) in [6.45, 7) is 0.721. The first kappa shape index (κ1) is 18.4. The number of nitrogens with zero attached hydrogens (tertiary/aromatic N) is 4. The summed E-state index contributed by atoms with van der Waals surface area (Å²) in [6, 6.07) is 2.66. The van der Waals surface area contributed by atoms with Crippen molar-refractivity contribution in [1.29, 1.82) is 0 Å². The first-order valence-electron chi connectivity index (χ1n) is 8.02. The van der Waals surface area contributed by atoms with Crippen LogP contribution >= 0.6 is 0 Å². The van der Waals surface area contributed by atoms with Gasteiger partial charge < -0.3 is 14.2 Å². The zero-order valence-corrected chi connectivity index (χ0v) is 15.0. The van der Waals surface area contributed by atoms with Crippen LogP contribution in [0.2, 0.25) is 0 Å². The minimum atomic E-state index is -3.72. The average Bonchev–Trinajstić information content (AvgIpc) is 3.25. The average molecular weight is 381 g/mol. The van der Waals surface area contributed by atoms with E-state index in [1.165, 1.54) is 24.5 Å². The molecule has 0 spiro atoms. The van der Waals surface area contributed by atoms with Crippen LogP contribution < -0.4 is 4.72 Å². The fraction of sp³-hybridized carbons (Fsp3) is 0.467. The quantitative estimate of drug-likeness (QED) is 0.689. The summed E-state index contributed by atoms with van der Waals surface area (Å²) < 4.78 is 37.0. The van der Waals surface area contributed by atoms with Gasteiger partial charge in [-0.15, -0.1) is 0 Å². The van der Waals surface area contributed by atoms with Crippen molar-refractivity contribution >= 4 is 15.9 Å². The highest BCUT2D eigenvalue weighted by Crippen LogP contribution is 2.31. The molecule has 1 amide bonds. The van der Waals surface area contributed by atoms with Crippen molar-refractivity contribution in [3.8, 4) is 0 Å². The Morgan fingerprint density at radius 1 is 1.46 bits per heavy atom. The molecule has 10 nitrogen and oxygen atoms in total. The predicted molar refractivity (Wildman–Crippen MR) is 88.1 cm³/mol. The molecule has 26 heavy (non-hydrogen) atoms. The number of aromatic nitrogens is 3. The van der Waals surface area contributed by atoms with E-state index in [9.17, 15) is 13.2 Å². The molecule has 1 aliphatic rings. The van der Waals surface area contributed by atoms with Crippen molar-refractivity contribution in [2.75, 3.05) is 20.3 Å². The highest BCUT2D eigenvalue weighted by Gasteiger charge is 2.35. The molecule has 0 aromatic carbocycles. The summed E-state index contributed by atoms with van der Waals surface area (Å²) in [7, 11) is -2.15. The van der Waals surface area contributed by atoms with Gasteiger partial charge in [-0.3, -0.25) is 9.78 Å². The Labute approximate surface area is 150 Å². The zero-order chi connectivity index (χ0) is 18.6. The maximum Gasteiger partial charge on any atom is 0.249 e. The summed E-state index contributed by atoms with van der Waals surface area (Å²) in [4.78, 5) is 21.7. The van der Waals surface area contributed by atoms with E-state index in [-0.39, 0.29) is 29.2 Å².